The maximum absolute atomic E-state index is 12.1. The van der Waals surface area contributed by atoms with Crippen LogP contribution in [-0.4, -0.2) is 38.4 Å². The van der Waals surface area contributed by atoms with Gasteiger partial charge in [-0.25, -0.2) is 9.59 Å². The van der Waals surface area contributed by atoms with Crippen LogP contribution in [0.5, 0.6) is 0 Å². The minimum absolute atomic E-state index is 0.0285. The van der Waals surface area contributed by atoms with Gasteiger partial charge in [0.25, 0.3) is 0 Å². The number of hydrogen-bond acceptors (Lipinski definition) is 5. The van der Waals surface area contributed by atoms with E-state index in [2.05, 4.69) is 22.2 Å². The van der Waals surface area contributed by atoms with Gasteiger partial charge in [0.2, 0.25) is 0 Å². The molecule has 3 N–H and O–H groups in total. The first-order chi connectivity index (χ1) is 12.7. The number of esters is 1. The van der Waals surface area contributed by atoms with Gasteiger partial charge in [-0.15, -0.1) is 0 Å². The molecule has 1 atom stereocenters. The zero-order valence-electron chi connectivity index (χ0n) is 14.6. The Bertz CT molecular complexity index is 760. The summed E-state index contributed by atoms with van der Waals surface area (Å²) in [4.78, 5) is 23.8. The molecule has 6 nitrogen and oxygen atoms in total. The van der Waals surface area contributed by atoms with Crippen molar-refractivity contribution in [2.45, 2.75) is 18.4 Å². The summed E-state index contributed by atoms with van der Waals surface area (Å²) in [5.41, 5.74) is 10.1. The summed E-state index contributed by atoms with van der Waals surface area (Å²) >= 11 is 0. The number of nitrogens with one attached hydrogen (secondary N) is 1. The van der Waals surface area contributed by atoms with Gasteiger partial charge in [-0.05, 0) is 35.2 Å². The molecular formula is C20H22N2O4. The number of benzene rings is 2. The van der Waals surface area contributed by atoms with Gasteiger partial charge in [0, 0.05) is 5.92 Å². The van der Waals surface area contributed by atoms with Crippen molar-refractivity contribution >= 4 is 12.1 Å². The Morgan fingerprint density at radius 2 is 1.65 bits per heavy atom. The van der Waals surface area contributed by atoms with E-state index >= 15 is 0 Å². The Morgan fingerprint density at radius 1 is 1.08 bits per heavy atom. The molecular weight excluding hydrogens is 332 g/mol. The second kappa shape index (κ2) is 8.01. The van der Waals surface area contributed by atoms with Crippen molar-refractivity contribution in [2.75, 3.05) is 20.3 Å². The molecule has 1 aliphatic rings. The molecule has 0 bridgehead atoms. The highest BCUT2D eigenvalue weighted by Crippen LogP contribution is 2.44. The van der Waals surface area contributed by atoms with Crippen LogP contribution in [0.1, 0.15) is 23.5 Å². The van der Waals surface area contributed by atoms with Crippen molar-refractivity contribution in [1.29, 1.82) is 0 Å². The fourth-order valence-corrected chi connectivity index (χ4v) is 3.34. The van der Waals surface area contributed by atoms with E-state index in [4.69, 9.17) is 10.5 Å². The molecule has 2 aromatic carbocycles. The number of methoxy groups -OCH3 is 1. The van der Waals surface area contributed by atoms with Crippen LogP contribution in [0, 0.1) is 0 Å². The molecule has 0 aromatic heterocycles. The Morgan fingerprint density at radius 3 is 2.19 bits per heavy atom. The third-order valence-corrected chi connectivity index (χ3v) is 4.58. The second-order valence-electron chi connectivity index (χ2n) is 6.12. The third-order valence-electron chi connectivity index (χ3n) is 4.58. The summed E-state index contributed by atoms with van der Waals surface area (Å²) in [7, 11) is 1.27. The van der Waals surface area contributed by atoms with E-state index in [0.29, 0.717) is 0 Å². The van der Waals surface area contributed by atoms with Crippen LogP contribution in [0.25, 0.3) is 11.1 Å². The van der Waals surface area contributed by atoms with E-state index in [1.807, 2.05) is 36.4 Å². The highest BCUT2D eigenvalue weighted by atomic mass is 16.6. The predicted molar refractivity (Wildman–Crippen MR) is 97.7 cm³/mol. The molecule has 6 heteroatoms. The fraction of sp³-hybridized carbons (Fsp3) is 0.300. The van der Waals surface area contributed by atoms with Crippen molar-refractivity contribution in [1.82, 2.24) is 5.32 Å². The van der Waals surface area contributed by atoms with Gasteiger partial charge in [-0.3, -0.25) is 0 Å². The van der Waals surface area contributed by atoms with Gasteiger partial charge < -0.3 is 20.5 Å². The Labute approximate surface area is 152 Å². The summed E-state index contributed by atoms with van der Waals surface area (Å²) in [6, 6.07) is 15.4. The number of hydrogen-bond donors (Lipinski definition) is 2. The van der Waals surface area contributed by atoms with Crippen LogP contribution in [0.2, 0.25) is 0 Å². The van der Waals surface area contributed by atoms with E-state index in [-0.39, 0.29) is 25.5 Å². The summed E-state index contributed by atoms with van der Waals surface area (Å²) in [6.45, 7) is 0.444. The molecule has 0 radical (unpaired) electrons. The predicted octanol–water partition coefficient (Wildman–Crippen LogP) is 2.42. The van der Waals surface area contributed by atoms with Gasteiger partial charge in [0.05, 0.1) is 7.11 Å². The fourth-order valence-electron chi connectivity index (χ4n) is 3.34. The molecule has 1 amide bonds. The summed E-state index contributed by atoms with van der Waals surface area (Å²) in [5, 5.41) is 2.52. The van der Waals surface area contributed by atoms with Crippen molar-refractivity contribution in [2.24, 2.45) is 5.73 Å². The van der Waals surface area contributed by atoms with Gasteiger partial charge in [-0.2, -0.15) is 0 Å². The van der Waals surface area contributed by atoms with Gasteiger partial charge in [-0.1, -0.05) is 48.5 Å². The quantitative estimate of drug-likeness (QED) is 0.778. The van der Waals surface area contributed by atoms with Crippen LogP contribution < -0.4 is 11.1 Å². The molecule has 0 aliphatic heterocycles. The minimum Gasteiger partial charge on any atom is -0.467 e. The average molecular weight is 354 g/mol. The van der Waals surface area contributed by atoms with Crippen molar-refractivity contribution < 1.29 is 19.1 Å². The molecule has 0 unspecified atom stereocenters. The minimum atomic E-state index is -0.805. The summed E-state index contributed by atoms with van der Waals surface area (Å²) in [5.74, 6) is -0.566. The first-order valence-corrected chi connectivity index (χ1v) is 8.55. The first kappa shape index (κ1) is 17.9. The lowest BCUT2D eigenvalue weighted by Crippen LogP contribution is -2.43. The number of alkyl carbamates (subject to hydrolysis) is 1. The molecule has 0 heterocycles. The topological polar surface area (TPSA) is 90.6 Å². The smallest absolute Gasteiger partial charge is 0.407 e. The molecule has 0 saturated heterocycles. The number of ether oxygens (including phenoxy) is 2. The largest absolute Gasteiger partial charge is 0.467 e. The van der Waals surface area contributed by atoms with E-state index in [1.165, 1.54) is 7.11 Å². The molecule has 2 aromatic rings. The Hall–Kier alpha value is -2.86. The average Bonchev–Trinajstić information content (AvgIpc) is 2.99. The van der Waals surface area contributed by atoms with Crippen LogP contribution in [0.15, 0.2) is 48.5 Å². The highest BCUT2D eigenvalue weighted by molar-refractivity contribution is 5.82. The third kappa shape index (κ3) is 3.55. The molecule has 0 fully saturated rings. The zero-order valence-corrected chi connectivity index (χ0v) is 14.6. The second-order valence-corrected chi connectivity index (χ2v) is 6.12. The van der Waals surface area contributed by atoms with E-state index < -0.39 is 18.1 Å². The van der Waals surface area contributed by atoms with Gasteiger partial charge in [0.15, 0.2) is 0 Å². The maximum Gasteiger partial charge on any atom is 0.407 e. The number of carbonyl (C=O) groups excluding carboxylic acids is 2. The standard InChI is InChI=1S/C20H22N2O4/c1-25-19(23)18(10-11-21)22-20(24)26-12-17-15-8-4-2-6-13(15)14-7-3-5-9-16(14)17/h2-9,17-18H,10-12,21H2,1H3,(H,22,24)/t18-/m1/s1. The maximum atomic E-state index is 12.1. The summed E-state index contributed by atoms with van der Waals surface area (Å²) < 4.78 is 10.1. The number of fused-ring (bicyclic) bond motifs is 3. The molecule has 0 spiro atoms. The molecule has 26 heavy (non-hydrogen) atoms. The van der Waals surface area contributed by atoms with E-state index in [9.17, 15) is 9.59 Å². The van der Waals surface area contributed by atoms with Crippen LogP contribution in [0.3, 0.4) is 0 Å². The van der Waals surface area contributed by atoms with Gasteiger partial charge in [0.1, 0.15) is 12.6 Å². The van der Waals surface area contributed by atoms with Crippen molar-refractivity contribution in [3.63, 3.8) is 0 Å². The van der Waals surface area contributed by atoms with E-state index in [0.717, 1.165) is 22.3 Å². The lowest BCUT2D eigenvalue weighted by molar-refractivity contribution is -0.143. The zero-order chi connectivity index (χ0) is 18.5. The van der Waals surface area contributed by atoms with Crippen molar-refractivity contribution in [3.05, 3.63) is 59.7 Å². The lowest BCUT2D eigenvalue weighted by atomic mass is 9.98. The number of nitrogens with two attached hydrogens (primary N) is 1. The molecule has 136 valence electrons. The number of rotatable bonds is 6. The van der Waals surface area contributed by atoms with Gasteiger partial charge >= 0.3 is 12.1 Å². The molecule has 3 rings (SSSR count). The number of carbonyl (C=O) groups is 2. The first-order valence-electron chi connectivity index (χ1n) is 8.55. The molecule has 0 saturated carbocycles. The normalized spacial score (nSPS) is 13.5. The number of amides is 1. The highest BCUT2D eigenvalue weighted by Gasteiger charge is 2.29. The Kier molecular flexibility index (Phi) is 5.53. The molecule has 1 aliphatic carbocycles. The van der Waals surface area contributed by atoms with E-state index in [1.54, 1.807) is 0 Å². The monoisotopic (exact) mass is 354 g/mol. The van der Waals surface area contributed by atoms with Crippen LogP contribution in [-0.2, 0) is 14.3 Å². The lowest BCUT2D eigenvalue weighted by Gasteiger charge is -2.18. The SMILES string of the molecule is COC(=O)[C@@H](CCN)NC(=O)OCC1c2ccccc2-c2ccccc21. The van der Waals surface area contributed by atoms with Crippen molar-refractivity contribution in [3.8, 4) is 11.1 Å². The summed E-state index contributed by atoms with van der Waals surface area (Å²) in [6.07, 6.45) is -0.368. The Balaban J connectivity index is 1.70. The van der Waals surface area contributed by atoms with Crippen LogP contribution in [0.4, 0.5) is 4.79 Å². The van der Waals surface area contributed by atoms with Crippen LogP contribution >= 0.6 is 0 Å².